The van der Waals surface area contributed by atoms with Crippen LogP contribution in [0.15, 0.2) is 29.3 Å². The van der Waals surface area contributed by atoms with Crippen LogP contribution in [0.5, 0.6) is 0 Å². The Kier molecular flexibility index (Phi) is 5.34. The highest BCUT2D eigenvalue weighted by molar-refractivity contribution is 8.16. The van der Waals surface area contributed by atoms with Gasteiger partial charge in [0.2, 0.25) is 5.91 Å². The number of amides is 1. The van der Waals surface area contributed by atoms with E-state index in [1.165, 1.54) is 37.4 Å². The van der Waals surface area contributed by atoms with Crippen LogP contribution >= 0.6 is 11.8 Å². The van der Waals surface area contributed by atoms with Crippen molar-refractivity contribution in [3.05, 3.63) is 29.8 Å². The molecule has 7 heteroatoms. The average molecular weight is 407 g/mol. The van der Waals surface area contributed by atoms with E-state index in [9.17, 15) is 13.2 Å². The molecule has 1 aliphatic carbocycles. The highest BCUT2D eigenvalue weighted by atomic mass is 32.2. The van der Waals surface area contributed by atoms with Crippen molar-refractivity contribution in [2.24, 2.45) is 10.9 Å². The molecule has 2 aliphatic heterocycles. The smallest absolute Gasteiger partial charge is 0.248 e. The number of hydrogen-bond acceptors (Lipinski definition) is 4. The Bertz CT molecular complexity index is 860. The molecule has 3 aliphatic rings. The number of thioether (sulfide) groups is 1. The van der Waals surface area contributed by atoms with E-state index in [2.05, 4.69) is 4.99 Å². The van der Waals surface area contributed by atoms with Crippen LogP contribution < -0.4 is 4.90 Å². The lowest BCUT2D eigenvalue weighted by atomic mass is 10.0. The predicted octanol–water partition coefficient (Wildman–Crippen LogP) is 3.57. The average Bonchev–Trinajstić information content (AvgIpc) is 3.27. The molecule has 1 aromatic rings. The summed E-state index contributed by atoms with van der Waals surface area (Å²) < 4.78 is 24.2. The summed E-state index contributed by atoms with van der Waals surface area (Å²) in [5.74, 6) is 0.890. The van der Waals surface area contributed by atoms with E-state index < -0.39 is 9.84 Å². The first kappa shape index (κ1) is 19.0. The molecule has 2 heterocycles. The number of nitrogens with zero attached hydrogens (tertiary/aromatic N) is 2. The van der Waals surface area contributed by atoms with Crippen LogP contribution in [-0.2, 0) is 14.6 Å². The third kappa shape index (κ3) is 4.24. The number of fused-ring (bicyclic) bond motifs is 1. The number of benzene rings is 1. The van der Waals surface area contributed by atoms with E-state index in [0.717, 1.165) is 17.7 Å². The van der Waals surface area contributed by atoms with E-state index in [0.29, 0.717) is 17.5 Å². The Morgan fingerprint density at radius 3 is 2.78 bits per heavy atom. The van der Waals surface area contributed by atoms with Crippen LogP contribution in [0.4, 0.5) is 5.69 Å². The zero-order chi connectivity index (χ0) is 19.0. The topological polar surface area (TPSA) is 66.8 Å². The minimum Gasteiger partial charge on any atom is -0.316 e. The zero-order valence-corrected chi connectivity index (χ0v) is 17.3. The summed E-state index contributed by atoms with van der Waals surface area (Å²) in [5.41, 5.74) is 2.03. The van der Waals surface area contributed by atoms with Crippen LogP contribution in [0.1, 0.15) is 44.1 Å². The molecular weight excluding hydrogens is 380 g/mol. The van der Waals surface area contributed by atoms with Crippen molar-refractivity contribution in [3.63, 3.8) is 0 Å². The van der Waals surface area contributed by atoms with Gasteiger partial charge in [-0.15, -0.1) is 0 Å². The summed E-state index contributed by atoms with van der Waals surface area (Å²) in [5, 5.41) is 0.624. The lowest BCUT2D eigenvalue weighted by molar-refractivity contribution is -0.118. The first-order chi connectivity index (χ1) is 12.9. The maximum absolute atomic E-state index is 12.5. The SMILES string of the molecule is Cc1cccc(N2C(=NC(=O)CCC3CCCC3)S[C@H]3CS(=O)(=O)C[C@@H]32)c1. The van der Waals surface area contributed by atoms with Crippen molar-refractivity contribution in [1.82, 2.24) is 0 Å². The molecular formula is C20H26N2O3S2. The Balaban J connectivity index is 1.55. The van der Waals surface area contributed by atoms with Crippen molar-refractivity contribution >= 4 is 38.4 Å². The quantitative estimate of drug-likeness (QED) is 0.765. The van der Waals surface area contributed by atoms with Gasteiger partial charge in [0, 0.05) is 17.4 Å². The van der Waals surface area contributed by atoms with Crippen LogP contribution in [0.25, 0.3) is 0 Å². The first-order valence-electron chi connectivity index (χ1n) is 9.76. The number of aliphatic imine (C=N–C) groups is 1. The molecule has 0 bridgehead atoms. The van der Waals surface area contributed by atoms with Gasteiger partial charge in [0.15, 0.2) is 15.0 Å². The molecule has 2 atom stereocenters. The molecule has 0 unspecified atom stereocenters. The molecule has 1 aromatic carbocycles. The number of rotatable bonds is 4. The molecule has 1 amide bonds. The second kappa shape index (κ2) is 7.59. The number of carbonyl (C=O) groups is 1. The van der Waals surface area contributed by atoms with Gasteiger partial charge in [-0.05, 0) is 37.0 Å². The van der Waals surface area contributed by atoms with E-state index >= 15 is 0 Å². The van der Waals surface area contributed by atoms with E-state index in [-0.39, 0.29) is 28.7 Å². The van der Waals surface area contributed by atoms with Crippen LogP contribution in [-0.4, -0.2) is 42.3 Å². The van der Waals surface area contributed by atoms with Gasteiger partial charge < -0.3 is 4.90 Å². The number of carbonyl (C=O) groups excluding carboxylic acids is 1. The Morgan fingerprint density at radius 1 is 1.26 bits per heavy atom. The summed E-state index contributed by atoms with van der Waals surface area (Å²) in [7, 11) is -3.03. The molecule has 5 nitrogen and oxygen atoms in total. The minimum absolute atomic E-state index is 0.0445. The van der Waals surface area contributed by atoms with Gasteiger partial charge in [0.05, 0.1) is 17.5 Å². The van der Waals surface area contributed by atoms with Crippen molar-refractivity contribution in [2.75, 3.05) is 16.4 Å². The van der Waals surface area contributed by atoms with Crippen molar-refractivity contribution in [3.8, 4) is 0 Å². The first-order valence-corrected chi connectivity index (χ1v) is 12.5. The maximum Gasteiger partial charge on any atom is 0.248 e. The second-order valence-electron chi connectivity index (χ2n) is 7.99. The van der Waals surface area contributed by atoms with Crippen molar-refractivity contribution < 1.29 is 13.2 Å². The van der Waals surface area contributed by atoms with Crippen LogP contribution in [0.2, 0.25) is 0 Å². The largest absolute Gasteiger partial charge is 0.316 e. The summed E-state index contributed by atoms with van der Waals surface area (Å²) in [6, 6.07) is 7.85. The van der Waals surface area contributed by atoms with Gasteiger partial charge in [0.1, 0.15) is 0 Å². The molecule has 0 N–H and O–H groups in total. The fourth-order valence-corrected chi connectivity index (χ4v) is 8.36. The molecule has 0 aromatic heterocycles. The molecule has 0 radical (unpaired) electrons. The molecule has 146 valence electrons. The fraction of sp³-hybridized carbons (Fsp3) is 0.600. The summed E-state index contributed by atoms with van der Waals surface area (Å²) >= 11 is 1.45. The van der Waals surface area contributed by atoms with Gasteiger partial charge in [0.25, 0.3) is 0 Å². The molecule has 3 fully saturated rings. The van der Waals surface area contributed by atoms with Gasteiger partial charge in [-0.2, -0.15) is 4.99 Å². The molecule has 27 heavy (non-hydrogen) atoms. The predicted molar refractivity (Wildman–Crippen MR) is 111 cm³/mol. The summed E-state index contributed by atoms with van der Waals surface area (Å²) in [6.45, 7) is 2.01. The van der Waals surface area contributed by atoms with Gasteiger partial charge in [-0.3, -0.25) is 4.79 Å². The summed E-state index contributed by atoms with van der Waals surface area (Å²) in [6.07, 6.45) is 6.44. The molecule has 2 saturated heterocycles. The van der Waals surface area contributed by atoms with Gasteiger partial charge in [-0.25, -0.2) is 8.42 Å². The monoisotopic (exact) mass is 406 g/mol. The van der Waals surface area contributed by atoms with E-state index in [1.807, 2.05) is 36.1 Å². The maximum atomic E-state index is 12.5. The lowest BCUT2D eigenvalue weighted by Gasteiger charge is -2.24. The van der Waals surface area contributed by atoms with Crippen LogP contribution in [0.3, 0.4) is 0 Å². The number of amidine groups is 1. The Morgan fingerprint density at radius 2 is 2.04 bits per heavy atom. The normalized spacial score (nSPS) is 28.8. The molecule has 1 saturated carbocycles. The fourth-order valence-electron chi connectivity index (χ4n) is 4.43. The van der Waals surface area contributed by atoms with Gasteiger partial charge >= 0.3 is 0 Å². The third-order valence-electron chi connectivity index (χ3n) is 5.81. The molecule has 0 spiro atoms. The number of hydrogen-bond donors (Lipinski definition) is 0. The highest BCUT2D eigenvalue weighted by Gasteiger charge is 2.49. The number of anilines is 1. The van der Waals surface area contributed by atoms with E-state index in [1.54, 1.807) is 0 Å². The number of aryl methyl sites for hydroxylation is 1. The van der Waals surface area contributed by atoms with Crippen LogP contribution in [0, 0.1) is 12.8 Å². The van der Waals surface area contributed by atoms with Crippen molar-refractivity contribution in [1.29, 1.82) is 0 Å². The third-order valence-corrected chi connectivity index (χ3v) is 9.02. The standard InChI is InChI=1S/C20H26N2O3S2/c1-14-5-4-8-16(11-14)22-17-12-27(24,25)13-18(17)26-20(22)21-19(23)10-9-15-6-2-3-7-15/h4-5,8,11,15,17-18H,2-3,6-7,9-10,12-13H2,1H3/t17-,18-/m0/s1. The van der Waals surface area contributed by atoms with Gasteiger partial charge in [-0.1, -0.05) is 49.6 Å². The second-order valence-corrected chi connectivity index (χ2v) is 11.3. The highest BCUT2D eigenvalue weighted by Crippen LogP contribution is 2.41. The minimum atomic E-state index is -3.03. The zero-order valence-electron chi connectivity index (χ0n) is 15.6. The van der Waals surface area contributed by atoms with E-state index in [4.69, 9.17) is 0 Å². The summed E-state index contributed by atoms with van der Waals surface area (Å²) in [4.78, 5) is 18.9. The lowest BCUT2D eigenvalue weighted by Crippen LogP contribution is -2.37. The Hall–Kier alpha value is -1.34. The number of sulfone groups is 1. The molecule has 4 rings (SSSR count). The Labute approximate surface area is 165 Å². The van der Waals surface area contributed by atoms with Crippen molar-refractivity contribution in [2.45, 2.75) is 56.7 Å².